The molecule has 126 valence electrons. The molecule has 0 heterocycles. The lowest BCUT2D eigenvalue weighted by atomic mass is 9.88. The van der Waals surface area contributed by atoms with Crippen LogP contribution in [0.25, 0.3) is 0 Å². The molecule has 0 saturated heterocycles. The lowest BCUT2D eigenvalue weighted by Gasteiger charge is -2.30. The molecule has 4 nitrogen and oxygen atoms in total. The van der Waals surface area contributed by atoms with E-state index in [1.54, 1.807) is 7.11 Å². The van der Waals surface area contributed by atoms with E-state index < -0.39 is 0 Å². The molecule has 2 N–H and O–H groups in total. The van der Waals surface area contributed by atoms with Crippen molar-refractivity contribution in [2.45, 2.75) is 59.5 Å². The van der Waals surface area contributed by atoms with Gasteiger partial charge in [-0.3, -0.25) is 4.99 Å². The Balaban J connectivity index is 0.00000400. The van der Waals surface area contributed by atoms with Crippen molar-refractivity contribution in [3.63, 3.8) is 0 Å². The summed E-state index contributed by atoms with van der Waals surface area (Å²) in [6.07, 6.45) is 5.53. The number of methoxy groups -OCH3 is 1. The zero-order chi connectivity index (χ0) is 15.2. The van der Waals surface area contributed by atoms with Gasteiger partial charge in [0.25, 0.3) is 0 Å². The SMILES string of the molecule is CN=C(NCC(OC)C(C)(C)C)NCC1(C)CCCC1.I. The third kappa shape index (κ3) is 7.17. The third-order valence-corrected chi connectivity index (χ3v) is 4.42. The van der Waals surface area contributed by atoms with Crippen LogP contribution in [0.5, 0.6) is 0 Å². The van der Waals surface area contributed by atoms with Gasteiger partial charge < -0.3 is 15.4 Å². The van der Waals surface area contributed by atoms with Crippen molar-refractivity contribution in [1.82, 2.24) is 10.6 Å². The summed E-state index contributed by atoms with van der Waals surface area (Å²) in [6, 6.07) is 0. The molecule has 0 bridgehead atoms. The molecule has 0 spiro atoms. The molecule has 0 amide bonds. The first-order valence-electron chi connectivity index (χ1n) is 7.78. The number of rotatable bonds is 5. The second-order valence-electron chi connectivity index (χ2n) is 7.41. The van der Waals surface area contributed by atoms with E-state index >= 15 is 0 Å². The van der Waals surface area contributed by atoms with Crippen LogP contribution in [0.4, 0.5) is 0 Å². The van der Waals surface area contributed by atoms with E-state index in [-0.39, 0.29) is 35.5 Å². The second kappa shape index (κ2) is 9.18. The van der Waals surface area contributed by atoms with Gasteiger partial charge in [0.15, 0.2) is 5.96 Å². The Morgan fingerprint density at radius 3 is 2.24 bits per heavy atom. The molecule has 0 radical (unpaired) electrons. The summed E-state index contributed by atoms with van der Waals surface area (Å²) in [6.45, 7) is 10.7. The number of hydrogen-bond donors (Lipinski definition) is 2. The van der Waals surface area contributed by atoms with Gasteiger partial charge in [-0.05, 0) is 23.7 Å². The van der Waals surface area contributed by atoms with Gasteiger partial charge in [0.05, 0.1) is 6.10 Å². The average molecular weight is 411 g/mol. The molecule has 0 aliphatic heterocycles. The fraction of sp³-hybridized carbons (Fsp3) is 0.938. The van der Waals surface area contributed by atoms with Crippen LogP contribution >= 0.6 is 24.0 Å². The Kier molecular flexibility index (Phi) is 9.16. The number of nitrogens with one attached hydrogen (secondary N) is 2. The Bertz CT molecular complexity index is 320. The van der Waals surface area contributed by atoms with Crippen LogP contribution in [0.15, 0.2) is 4.99 Å². The van der Waals surface area contributed by atoms with E-state index in [0.29, 0.717) is 5.41 Å². The lowest BCUT2D eigenvalue weighted by molar-refractivity contribution is 0.0205. The third-order valence-electron chi connectivity index (χ3n) is 4.42. The van der Waals surface area contributed by atoms with Crippen LogP contribution in [-0.2, 0) is 4.74 Å². The maximum atomic E-state index is 5.56. The number of aliphatic imine (C=N–C) groups is 1. The summed E-state index contributed by atoms with van der Waals surface area (Å²) in [4.78, 5) is 4.31. The first-order valence-corrected chi connectivity index (χ1v) is 7.78. The quantitative estimate of drug-likeness (QED) is 0.414. The number of hydrogen-bond acceptors (Lipinski definition) is 2. The minimum absolute atomic E-state index is 0. The maximum absolute atomic E-state index is 5.56. The molecule has 0 aromatic carbocycles. The van der Waals surface area contributed by atoms with Gasteiger partial charge in [-0.25, -0.2) is 0 Å². The van der Waals surface area contributed by atoms with Gasteiger partial charge in [-0.1, -0.05) is 40.5 Å². The normalized spacial score (nSPS) is 19.8. The maximum Gasteiger partial charge on any atom is 0.191 e. The van der Waals surface area contributed by atoms with Crippen molar-refractivity contribution in [1.29, 1.82) is 0 Å². The molecule has 1 unspecified atom stereocenters. The second-order valence-corrected chi connectivity index (χ2v) is 7.41. The van der Waals surface area contributed by atoms with Crippen molar-refractivity contribution in [2.24, 2.45) is 15.8 Å². The zero-order valence-electron chi connectivity index (χ0n) is 14.6. The van der Waals surface area contributed by atoms with Crippen LogP contribution in [0.3, 0.4) is 0 Å². The van der Waals surface area contributed by atoms with Gasteiger partial charge in [-0.2, -0.15) is 0 Å². The highest BCUT2D eigenvalue weighted by Gasteiger charge is 2.29. The topological polar surface area (TPSA) is 45.7 Å². The van der Waals surface area contributed by atoms with E-state index in [1.807, 2.05) is 7.05 Å². The molecule has 5 heteroatoms. The Morgan fingerprint density at radius 1 is 1.24 bits per heavy atom. The van der Waals surface area contributed by atoms with Crippen LogP contribution < -0.4 is 10.6 Å². The Morgan fingerprint density at radius 2 is 1.81 bits per heavy atom. The van der Waals surface area contributed by atoms with Gasteiger partial charge in [0, 0.05) is 27.2 Å². The van der Waals surface area contributed by atoms with Crippen LogP contribution in [0.1, 0.15) is 53.4 Å². The summed E-state index contributed by atoms with van der Waals surface area (Å²) in [5, 5.41) is 6.85. The van der Waals surface area contributed by atoms with Gasteiger partial charge >= 0.3 is 0 Å². The molecule has 0 aromatic rings. The Hall–Kier alpha value is -0.0400. The molecule has 0 aromatic heterocycles. The Labute approximate surface area is 147 Å². The predicted octanol–water partition coefficient (Wildman–Crippen LogP) is 3.41. The molecule has 1 rings (SSSR count). The number of ether oxygens (including phenoxy) is 1. The fourth-order valence-corrected chi connectivity index (χ4v) is 2.86. The van der Waals surface area contributed by atoms with Crippen LogP contribution in [-0.4, -0.2) is 39.3 Å². The summed E-state index contributed by atoms with van der Waals surface area (Å²) in [5.41, 5.74) is 0.556. The minimum Gasteiger partial charge on any atom is -0.379 e. The summed E-state index contributed by atoms with van der Waals surface area (Å²) in [5.74, 6) is 0.879. The van der Waals surface area contributed by atoms with Crippen molar-refractivity contribution >= 4 is 29.9 Å². The van der Waals surface area contributed by atoms with Gasteiger partial charge in [-0.15, -0.1) is 24.0 Å². The standard InChI is InChI=1S/C16H33N3O.HI/c1-15(2,3)13(20-6)11-18-14(17-5)19-12-16(4)9-7-8-10-16;/h13H,7-12H2,1-6H3,(H2,17,18,19);1H. The summed E-state index contributed by atoms with van der Waals surface area (Å²) in [7, 11) is 3.60. The highest BCUT2D eigenvalue weighted by atomic mass is 127. The largest absolute Gasteiger partial charge is 0.379 e. The van der Waals surface area contributed by atoms with E-state index in [4.69, 9.17) is 4.74 Å². The van der Waals surface area contributed by atoms with E-state index in [9.17, 15) is 0 Å². The van der Waals surface area contributed by atoms with Crippen molar-refractivity contribution in [3.05, 3.63) is 0 Å². The van der Waals surface area contributed by atoms with Crippen molar-refractivity contribution < 1.29 is 4.74 Å². The van der Waals surface area contributed by atoms with E-state index in [0.717, 1.165) is 19.0 Å². The molecule has 1 saturated carbocycles. The van der Waals surface area contributed by atoms with Crippen molar-refractivity contribution in [2.75, 3.05) is 27.2 Å². The van der Waals surface area contributed by atoms with Crippen LogP contribution in [0, 0.1) is 10.8 Å². The van der Waals surface area contributed by atoms with Crippen molar-refractivity contribution in [3.8, 4) is 0 Å². The molecular weight excluding hydrogens is 377 g/mol. The monoisotopic (exact) mass is 411 g/mol. The number of nitrogens with zero attached hydrogens (tertiary/aromatic N) is 1. The lowest BCUT2D eigenvalue weighted by Crippen LogP contribution is -2.47. The highest BCUT2D eigenvalue weighted by molar-refractivity contribution is 14.0. The first-order chi connectivity index (χ1) is 9.30. The molecule has 1 aliphatic carbocycles. The fourth-order valence-electron chi connectivity index (χ4n) is 2.86. The smallest absolute Gasteiger partial charge is 0.191 e. The minimum atomic E-state index is 0. The van der Waals surface area contributed by atoms with E-state index in [2.05, 4.69) is 43.3 Å². The molecule has 1 aliphatic rings. The first kappa shape index (κ1) is 21.0. The number of guanidine groups is 1. The zero-order valence-corrected chi connectivity index (χ0v) is 16.9. The van der Waals surface area contributed by atoms with E-state index in [1.165, 1.54) is 25.7 Å². The predicted molar refractivity (Wildman–Crippen MR) is 102 cm³/mol. The summed E-state index contributed by atoms with van der Waals surface area (Å²) < 4.78 is 5.56. The molecular formula is C16H34IN3O. The molecule has 1 atom stereocenters. The summed E-state index contributed by atoms with van der Waals surface area (Å²) >= 11 is 0. The molecule has 21 heavy (non-hydrogen) atoms. The van der Waals surface area contributed by atoms with Crippen LogP contribution in [0.2, 0.25) is 0 Å². The van der Waals surface area contributed by atoms with Gasteiger partial charge in [0.1, 0.15) is 0 Å². The number of halogens is 1. The highest BCUT2D eigenvalue weighted by Crippen LogP contribution is 2.36. The molecule has 1 fully saturated rings. The average Bonchev–Trinajstić information content (AvgIpc) is 2.79. The van der Waals surface area contributed by atoms with Gasteiger partial charge in [0.2, 0.25) is 0 Å².